The monoisotopic (exact) mass is 214 g/mol. The second-order valence-corrected chi connectivity index (χ2v) is 4.52. The molecular formula is C12H14N4. The SMILES string of the molecule is Cc1cc2nc3cc(C(C)C)[nH]c3nc2[nH]1. The third-order valence-electron chi connectivity index (χ3n) is 2.80. The van der Waals surface area contributed by atoms with Crippen molar-refractivity contribution in [3.05, 3.63) is 23.5 Å². The molecule has 3 aromatic rings. The fourth-order valence-corrected chi connectivity index (χ4v) is 1.91. The van der Waals surface area contributed by atoms with Crippen LogP contribution < -0.4 is 0 Å². The van der Waals surface area contributed by atoms with Gasteiger partial charge in [0.2, 0.25) is 0 Å². The normalized spacial score (nSPS) is 12.0. The van der Waals surface area contributed by atoms with E-state index < -0.39 is 0 Å². The van der Waals surface area contributed by atoms with Gasteiger partial charge in [0.15, 0.2) is 11.3 Å². The summed E-state index contributed by atoms with van der Waals surface area (Å²) in [7, 11) is 0. The zero-order valence-corrected chi connectivity index (χ0v) is 9.63. The van der Waals surface area contributed by atoms with Gasteiger partial charge in [-0.2, -0.15) is 0 Å². The molecule has 0 bridgehead atoms. The van der Waals surface area contributed by atoms with E-state index in [0.717, 1.165) is 28.0 Å². The fourth-order valence-electron chi connectivity index (χ4n) is 1.91. The van der Waals surface area contributed by atoms with Crippen molar-refractivity contribution in [3.63, 3.8) is 0 Å². The molecule has 0 saturated carbocycles. The van der Waals surface area contributed by atoms with Crippen LogP contribution in [-0.4, -0.2) is 19.9 Å². The molecule has 4 nitrogen and oxygen atoms in total. The summed E-state index contributed by atoms with van der Waals surface area (Å²) in [5.41, 5.74) is 5.85. The molecule has 3 heterocycles. The number of aromatic nitrogens is 4. The molecule has 82 valence electrons. The van der Waals surface area contributed by atoms with E-state index in [-0.39, 0.29) is 0 Å². The molecule has 0 saturated heterocycles. The van der Waals surface area contributed by atoms with Crippen LogP contribution in [0, 0.1) is 6.92 Å². The standard InChI is InChI=1S/C12H14N4/c1-6(2)8-5-10-12(15-8)16-11-9(14-10)4-7(3)13-11/h4-6H,1-3H3,(H2,13,15,16). The van der Waals surface area contributed by atoms with Gasteiger partial charge in [0.25, 0.3) is 0 Å². The van der Waals surface area contributed by atoms with Gasteiger partial charge in [0.05, 0.1) is 0 Å². The number of nitrogens with one attached hydrogen (secondary N) is 2. The second kappa shape index (κ2) is 3.07. The van der Waals surface area contributed by atoms with E-state index in [0.29, 0.717) is 5.92 Å². The molecule has 0 fully saturated rings. The van der Waals surface area contributed by atoms with Crippen LogP contribution in [0.25, 0.3) is 22.3 Å². The van der Waals surface area contributed by atoms with Crippen LogP contribution in [0.5, 0.6) is 0 Å². The number of nitrogens with zero attached hydrogens (tertiary/aromatic N) is 2. The number of aromatic amines is 2. The summed E-state index contributed by atoms with van der Waals surface area (Å²) >= 11 is 0. The maximum absolute atomic E-state index is 4.58. The van der Waals surface area contributed by atoms with E-state index in [1.807, 2.05) is 13.0 Å². The van der Waals surface area contributed by atoms with Crippen molar-refractivity contribution in [1.29, 1.82) is 0 Å². The van der Waals surface area contributed by atoms with Gasteiger partial charge in [0, 0.05) is 11.4 Å². The van der Waals surface area contributed by atoms with Crippen LogP contribution in [0.1, 0.15) is 31.2 Å². The first kappa shape index (κ1) is 9.39. The number of hydrogen-bond acceptors (Lipinski definition) is 2. The number of H-pyrrole nitrogens is 2. The number of hydrogen-bond donors (Lipinski definition) is 2. The first-order valence-electron chi connectivity index (χ1n) is 5.49. The van der Waals surface area contributed by atoms with E-state index >= 15 is 0 Å². The summed E-state index contributed by atoms with van der Waals surface area (Å²) in [4.78, 5) is 15.6. The van der Waals surface area contributed by atoms with E-state index in [4.69, 9.17) is 0 Å². The van der Waals surface area contributed by atoms with Crippen molar-refractivity contribution >= 4 is 22.3 Å². The van der Waals surface area contributed by atoms with Crippen LogP contribution in [0.4, 0.5) is 0 Å². The Morgan fingerprint density at radius 2 is 1.69 bits per heavy atom. The van der Waals surface area contributed by atoms with Gasteiger partial charge in [-0.15, -0.1) is 0 Å². The number of fused-ring (bicyclic) bond motifs is 2. The Bertz CT molecular complexity index is 609. The van der Waals surface area contributed by atoms with Crippen molar-refractivity contribution in [2.24, 2.45) is 0 Å². The largest absolute Gasteiger partial charge is 0.342 e. The summed E-state index contributed by atoms with van der Waals surface area (Å²) < 4.78 is 0. The number of aryl methyl sites for hydroxylation is 1. The quantitative estimate of drug-likeness (QED) is 0.654. The molecule has 2 N–H and O–H groups in total. The van der Waals surface area contributed by atoms with Gasteiger partial charge in [0.1, 0.15) is 11.0 Å². The summed E-state index contributed by atoms with van der Waals surface area (Å²) in [5, 5.41) is 0. The highest BCUT2D eigenvalue weighted by atomic mass is 15.0. The Hall–Kier alpha value is -1.84. The first-order valence-corrected chi connectivity index (χ1v) is 5.49. The van der Waals surface area contributed by atoms with E-state index in [1.54, 1.807) is 0 Å². The highest BCUT2D eigenvalue weighted by molar-refractivity contribution is 5.83. The van der Waals surface area contributed by atoms with Gasteiger partial charge < -0.3 is 9.97 Å². The molecular weight excluding hydrogens is 200 g/mol. The molecule has 0 spiro atoms. The Labute approximate surface area is 93.1 Å². The Morgan fingerprint density at radius 1 is 1.00 bits per heavy atom. The molecule has 3 rings (SSSR count). The minimum Gasteiger partial charge on any atom is -0.342 e. The molecule has 16 heavy (non-hydrogen) atoms. The van der Waals surface area contributed by atoms with Crippen molar-refractivity contribution < 1.29 is 0 Å². The third kappa shape index (κ3) is 1.30. The lowest BCUT2D eigenvalue weighted by atomic mass is 10.1. The van der Waals surface area contributed by atoms with E-state index in [9.17, 15) is 0 Å². The van der Waals surface area contributed by atoms with Crippen LogP contribution in [0.15, 0.2) is 12.1 Å². The molecule has 0 amide bonds. The zero-order valence-electron chi connectivity index (χ0n) is 9.63. The van der Waals surface area contributed by atoms with Crippen LogP contribution in [-0.2, 0) is 0 Å². The summed E-state index contributed by atoms with van der Waals surface area (Å²) in [6, 6.07) is 4.10. The lowest BCUT2D eigenvalue weighted by molar-refractivity contribution is 0.835. The van der Waals surface area contributed by atoms with Crippen molar-refractivity contribution in [2.45, 2.75) is 26.7 Å². The average molecular weight is 214 g/mol. The molecule has 0 aliphatic heterocycles. The predicted octanol–water partition coefficient (Wildman–Crippen LogP) is 2.87. The Balaban J connectivity index is 2.31. The van der Waals surface area contributed by atoms with Crippen molar-refractivity contribution in [2.75, 3.05) is 0 Å². The van der Waals surface area contributed by atoms with Crippen molar-refractivity contribution in [1.82, 2.24) is 19.9 Å². The zero-order chi connectivity index (χ0) is 11.3. The predicted molar refractivity (Wildman–Crippen MR) is 64.6 cm³/mol. The second-order valence-electron chi connectivity index (χ2n) is 4.52. The molecule has 0 aromatic carbocycles. The van der Waals surface area contributed by atoms with Gasteiger partial charge in [-0.05, 0) is 25.0 Å². The van der Waals surface area contributed by atoms with Gasteiger partial charge >= 0.3 is 0 Å². The molecule has 0 aliphatic rings. The number of rotatable bonds is 1. The molecule has 0 radical (unpaired) electrons. The molecule has 4 heteroatoms. The Kier molecular flexibility index (Phi) is 1.80. The summed E-state index contributed by atoms with van der Waals surface area (Å²) in [6.07, 6.45) is 0. The van der Waals surface area contributed by atoms with E-state index in [2.05, 4.69) is 39.8 Å². The summed E-state index contributed by atoms with van der Waals surface area (Å²) in [5.74, 6) is 0.469. The minimum absolute atomic E-state index is 0.469. The highest BCUT2D eigenvalue weighted by Crippen LogP contribution is 2.20. The highest BCUT2D eigenvalue weighted by Gasteiger charge is 2.09. The van der Waals surface area contributed by atoms with Crippen LogP contribution >= 0.6 is 0 Å². The minimum atomic E-state index is 0.469. The topological polar surface area (TPSA) is 57.4 Å². The fraction of sp³-hybridized carbons (Fsp3) is 0.333. The molecule has 0 unspecified atom stereocenters. The van der Waals surface area contributed by atoms with Gasteiger partial charge in [-0.25, -0.2) is 9.97 Å². The van der Waals surface area contributed by atoms with Gasteiger partial charge in [-0.1, -0.05) is 13.8 Å². The average Bonchev–Trinajstić information content (AvgIpc) is 2.74. The van der Waals surface area contributed by atoms with Gasteiger partial charge in [-0.3, -0.25) is 0 Å². The maximum atomic E-state index is 4.58. The third-order valence-corrected chi connectivity index (χ3v) is 2.80. The van der Waals surface area contributed by atoms with Crippen LogP contribution in [0.2, 0.25) is 0 Å². The van der Waals surface area contributed by atoms with E-state index in [1.165, 1.54) is 5.69 Å². The molecule has 0 aliphatic carbocycles. The lowest BCUT2D eigenvalue weighted by Gasteiger charge is -1.97. The maximum Gasteiger partial charge on any atom is 0.158 e. The van der Waals surface area contributed by atoms with Crippen LogP contribution in [0.3, 0.4) is 0 Å². The lowest BCUT2D eigenvalue weighted by Crippen LogP contribution is -1.86. The molecule has 0 atom stereocenters. The summed E-state index contributed by atoms with van der Waals surface area (Å²) in [6.45, 7) is 6.32. The smallest absolute Gasteiger partial charge is 0.158 e. The Morgan fingerprint density at radius 3 is 2.44 bits per heavy atom. The van der Waals surface area contributed by atoms with Crippen molar-refractivity contribution in [3.8, 4) is 0 Å². The first-order chi connectivity index (χ1) is 7.63. The molecule has 3 aromatic heterocycles.